The summed E-state index contributed by atoms with van der Waals surface area (Å²) in [6.45, 7) is 4.02. The van der Waals surface area contributed by atoms with Crippen LogP contribution in [0.15, 0.2) is 18.2 Å². The van der Waals surface area contributed by atoms with E-state index in [2.05, 4.69) is 10.8 Å². The highest BCUT2D eigenvalue weighted by Gasteiger charge is 2.34. The Morgan fingerprint density at radius 1 is 1.50 bits per heavy atom. The quantitative estimate of drug-likeness (QED) is 0.812. The normalized spacial score (nSPS) is 21.9. The number of piperidine rings is 1. The number of methoxy groups -OCH3 is 1. The van der Waals surface area contributed by atoms with E-state index in [1.807, 2.05) is 18.2 Å². The Kier molecular flexibility index (Phi) is 5.47. The zero-order chi connectivity index (χ0) is 16.2. The van der Waals surface area contributed by atoms with E-state index in [0.717, 1.165) is 49.4 Å². The maximum atomic E-state index is 10.3. The summed E-state index contributed by atoms with van der Waals surface area (Å²) in [5, 5.41) is 19.6. The highest BCUT2D eigenvalue weighted by atomic mass is 16.5. The molecule has 0 amide bonds. The molecule has 0 bridgehead atoms. The SMILES string of the molecule is C#Cc1ccc(CN2CCC[C@H]([C@](C)(O)CO)C2)c(OC)c1. The average Bonchev–Trinajstić information content (AvgIpc) is 2.55. The van der Waals surface area contributed by atoms with E-state index in [1.54, 1.807) is 14.0 Å². The molecule has 4 heteroatoms. The molecular formula is C18H25NO3. The van der Waals surface area contributed by atoms with Crippen LogP contribution in [0.5, 0.6) is 5.75 Å². The molecule has 2 N–H and O–H groups in total. The summed E-state index contributed by atoms with van der Waals surface area (Å²) in [7, 11) is 1.65. The summed E-state index contributed by atoms with van der Waals surface area (Å²) in [5.41, 5.74) is 0.877. The van der Waals surface area contributed by atoms with E-state index in [9.17, 15) is 10.2 Å². The van der Waals surface area contributed by atoms with Crippen molar-refractivity contribution < 1.29 is 14.9 Å². The molecule has 1 heterocycles. The monoisotopic (exact) mass is 303 g/mol. The van der Waals surface area contributed by atoms with Gasteiger partial charge in [-0.1, -0.05) is 12.0 Å². The highest BCUT2D eigenvalue weighted by Crippen LogP contribution is 2.29. The third-order valence-corrected chi connectivity index (χ3v) is 4.55. The van der Waals surface area contributed by atoms with Crippen molar-refractivity contribution in [2.75, 3.05) is 26.8 Å². The Morgan fingerprint density at radius 3 is 2.91 bits per heavy atom. The number of hydrogen-bond acceptors (Lipinski definition) is 4. The van der Waals surface area contributed by atoms with Gasteiger partial charge < -0.3 is 14.9 Å². The molecule has 1 fully saturated rings. The van der Waals surface area contributed by atoms with Crippen molar-refractivity contribution >= 4 is 0 Å². The zero-order valence-electron chi connectivity index (χ0n) is 13.4. The minimum atomic E-state index is -1.02. The van der Waals surface area contributed by atoms with E-state index in [0.29, 0.717) is 0 Å². The first kappa shape index (κ1) is 16.8. The third-order valence-electron chi connectivity index (χ3n) is 4.55. The van der Waals surface area contributed by atoms with Gasteiger partial charge >= 0.3 is 0 Å². The van der Waals surface area contributed by atoms with Crippen molar-refractivity contribution in [1.29, 1.82) is 0 Å². The fourth-order valence-electron chi connectivity index (χ4n) is 3.04. The van der Waals surface area contributed by atoms with Crippen molar-refractivity contribution in [2.24, 2.45) is 5.92 Å². The van der Waals surface area contributed by atoms with E-state index < -0.39 is 5.60 Å². The summed E-state index contributed by atoms with van der Waals surface area (Å²) in [6, 6.07) is 5.80. The number of ether oxygens (including phenoxy) is 1. The molecule has 1 aliphatic heterocycles. The first-order valence-electron chi connectivity index (χ1n) is 7.69. The smallest absolute Gasteiger partial charge is 0.124 e. The molecule has 0 spiro atoms. The first-order chi connectivity index (χ1) is 10.5. The maximum Gasteiger partial charge on any atom is 0.124 e. The lowest BCUT2D eigenvalue weighted by atomic mass is 9.83. The number of terminal acetylenes is 1. The van der Waals surface area contributed by atoms with Gasteiger partial charge in [0.1, 0.15) is 5.75 Å². The largest absolute Gasteiger partial charge is 0.496 e. The predicted molar refractivity (Wildman–Crippen MR) is 86.6 cm³/mol. The minimum Gasteiger partial charge on any atom is -0.496 e. The number of likely N-dealkylation sites (tertiary alicyclic amines) is 1. The summed E-state index contributed by atoms with van der Waals surface area (Å²) in [6.07, 6.45) is 7.38. The van der Waals surface area contributed by atoms with Crippen molar-refractivity contribution in [3.05, 3.63) is 29.3 Å². The first-order valence-corrected chi connectivity index (χ1v) is 7.69. The van der Waals surface area contributed by atoms with Crippen LogP contribution in [0, 0.1) is 18.3 Å². The molecule has 2 atom stereocenters. The molecule has 1 aromatic carbocycles. The topological polar surface area (TPSA) is 52.9 Å². The Morgan fingerprint density at radius 2 is 2.27 bits per heavy atom. The van der Waals surface area contributed by atoms with E-state index in [-0.39, 0.29) is 12.5 Å². The number of aliphatic hydroxyl groups excluding tert-OH is 1. The van der Waals surface area contributed by atoms with Gasteiger partial charge in [-0.05, 0) is 38.4 Å². The Bertz CT molecular complexity index is 548. The Hall–Kier alpha value is -1.54. The second kappa shape index (κ2) is 7.15. The number of nitrogens with zero attached hydrogens (tertiary/aromatic N) is 1. The van der Waals surface area contributed by atoms with Crippen molar-refractivity contribution in [3.8, 4) is 18.1 Å². The second-order valence-corrected chi connectivity index (χ2v) is 6.26. The lowest BCUT2D eigenvalue weighted by molar-refractivity contribution is -0.0697. The molecule has 0 aromatic heterocycles. The lowest BCUT2D eigenvalue weighted by Gasteiger charge is -2.39. The van der Waals surface area contributed by atoms with Gasteiger partial charge in [-0.3, -0.25) is 4.90 Å². The lowest BCUT2D eigenvalue weighted by Crippen LogP contribution is -2.47. The van der Waals surface area contributed by atoms with Crippen LogP contribution < -0.4 is 4.74 Å². The van der Waals surface area contributed by atoms with Gasteiger partial charge in [-0.2, -0.15) is 0 Å². The molecule has 2 rings (SSSR count). The van der Waals surface area contributed by atoms with Crippen LogP contribution in [0.4, 0.5) is 0 Å². The van der Waals surface area contributed by atoms with Crippen LogP contribution in [-0.4, -0.2) is 47.5 Å². The molecule has 22 heavy (non-hydrogen) atoms. The highest BCUT2D eigenvalue weighted by molar-refractivity contribution is 5.43. The summed E-state index contributed by atoms with van der Waals surface area (Å²) < 4.78 is 5.43. The molecule has 1 aliphatic rings. The second-order valence-electron chi connectivity index (χ2n) is 6.26. The van der Waals surface area contributed by atoms with Gasteiger partial charge in [0, 0.05) is 30.1 Å². The molecule has 1 saturated heterocycles. The van der Waals surface area contributed by atoms with Crippen molar-refractivity contribution in [1.82, 2.24) is 4.90 Å². The molecule has 120 valence electrons. The van der Waals surface area contributed by atoms with Gasteiger partial charge in [0.25, 0.3) is 0 Å². The fraction of sp³-hybridized carbons (Fsp3) is 0.556. The molecule has 4 nitrogen and oxygen atoms in total. The standard InChI is InChI=1S/C18H25NO3/c1-4-14-7-8-15(17(10-14)22-3)11-19-9-5-6-16(12-19)18(2,21)13-20/h1,7-8,10,16,20-21H,5-6,9,11-13H2,2-3H3/t16-,18+/m0/s1. The van der Waals surface area contributed by atoms with Gasteiger partial charge in [-0.25, -0.2) is 0 Å². The van der Waals surface area contributed by atoms with Crippen molar-refractivity contribution in [2.45, 2.75) is 31.9 Å². The van der Waals surface area contributed by atoms with Crippen LogP contribution in [0.2, 0.25) is 0 Å². The van der Waals surface area contributed by atoms with Crippen LogP contribution in [0.3, 0.4) is 0 Å². The molecule has 0 radical (unpaired) electrons. The van der Waals surface area contributed by atoms with Gasteiger partial charge in [0.05, 0.1) is 19.3 Å². The minimum absolute atomic E-state index is 0.0854. The molecule has 0 saturated carbocycles. The van der Waals surface area contributed by atoms with Crippen LogP contribution in [-0.2, 0) is 6.54 Å². The fourth-order valence-corrected chi connectivity index (χ4v) is 3.04. The van der Waals surface area contributed by atoms with E-state index in [1.165, 1.54) is 0 Å². The number of benzene rings is 1. The number of aliphatic hydroxyl groups is 2. The third kappa shape index (κ3) is 3.80. The average molecular weight is 303 g/mol. The Labute approximate surface area is 132 Å². The summed E-state index contributed by atoms with van der Waals surface area (Å²) in [5.74, 6) is 3.50. The number of rotatable bonds is 5. The zero-order valence-corrected chi connectivity index (χ0v) is 13.4. The van der Waals surface area contributed by atoms with E-state index >= 15 is 0 Å². The van der Waals surface area contributed by atoms with Gasteiger partial charge in [0.15, 0.2) is 0 Å². The summed E-state index contributed by atoms with van der Waals surface area (Å²) >= 11 is 0. The van der Waals surface area contributed by atoms with Crippen LogP contribution in [0.1, 0.15) is 30.9 Å². The van der Waals surface area contributed by atoms with Crippen LogP contribution in [0.25, 0.3) is 0 Å². The molecular weight excluding hydrogens is 278 g/mol. The van der Waals surface area contributed by atoms with Crippen molar-refractivity contribution in [3.63, 3.8) is 0 Å². The van der Waals surface area contributed by atoms with Gasteiger partial charge in [0.2, 0.25) is 0 Å². The van der Waals surface area contributed by atoms with Crippen LogP contribution >= 0.6 is 0 Å². The maximum absolute atomic E-state index is 10.3. The van der Waals surface area contributed by atoms with Gasteiger partial charge in [-0.15, -0.1) is 6.42 Å². The van der Waals surface area contributed by atoms with E-state index in [4.69, 9.17) is 11.2 Å². The Balaban J connectivity index is 2.09. The number of hydrogen-bond donors (Lipinski definition) is 2. The molecule has 0 unspecified atom stereocenters. The predicted octanol–water partition coefficient (Wildman–Crippen LogP) is 1.63. The molecule has 0 aliphatic carbocycles. The molecule has 1 aromatic rings. The summed E-state index contributed by atoms with van der Waals surface area (Å²) in [4.78, 5) is 2.30.